The van der Waals surface area contributed by atoms with Crippen molar-refractivity contribution in [2.45, 2.75) is 0 Å². The Morgan fingerprint density at radius 1 is 1.08 bits per heavy atom. The minimum atomic E-state index is -0.669. The zero-order valence-electron chi connectivity index (χ0n) is 13.2. The first kappa shape index (κ1) is 15.7. The highest BCUT2D eigenvalue weighted by Gasteiger charge is 2.15. The number of nitrogens with zero attached hydrogens (tertiary/aromatic N) is 1. The molecular weight excluding hydrogens is 339 g/mol. The van der Waals surface area contributed by atoms with Gasteiger partial charge in [0.2, 0.25) is 5.43 Å². The van der Waals surface area contributed by atoms with Crippen LogP contribution in [0.15, 0.2) is 58.5 Å². The highest BCUT2D eigenvalue weighted by molar-refractivity contribution is 6.06. The summed E-state index contributed by atoms with van der Waals surface area (Å²) in [4.78, 5) is 45.8. The Morgan fingerprint density at radius 3 is 2.77 bits per heavy atom. The summed E-state index contributed by atoms with van der Waals surface area (Å²) < 4.78 is 13.7. The Labute approximate surface area is 144 Å². The number of carbonyl (C=O) groups excluding carboxylic acids is 1. The van der Waals surface area contributed by atoms with Crippen LogP contribution in [-0.2, 0) is 0 Å². The monoisotopic (exact) mass is 350 g/mol. The first-order valence-electron chi connectivity index (χ1n) is 7.63. The van der Waals surface area contributed by atoms with Gasteiger partial charge in [0, 0.05) is 17.3 Å². The maximum Gasteiger partial charge on any atom is 0.261 e. The largest absolute Gasteiger partial charge is 0.358 e. The second-order valence-electron chi connectivity index (χ2n) is 5.61. The second-order valence-corrected chi connectivity index (χ2v) is 5.61. The molecule has 0 unspecified atom stereocenters. The molecule has 0 aliphatic heterocycles. The Balaban J connectivity index is 1.74. The van der Waals surface area contributed by atoms with E-state index in [-0.39, 0.29) is 22.0 Å². The fourth-order valence-corrected chi connectivity index (χ4v) is 2.73. The molecule has 2 heterocycles. The van der Waals surface area contributed by atoms with Crippen molar-refractivity contribution < 1.29 is 9.18 Å². The van der Waals surface area contributed by atoms with Crippen molar-refractivity contribution in [2.75, 3.05) is 5.32 Å². The van der Waals surface area contributed by atoms with Gasteiger partial charge >= 0.3 is 0 Å². The highest BCUT2D eigenvalue weighted by atomic mass is 19.1. The number of carbonyl (C=O) groups is 1. The second kappa shape index (κ2) is 5.92. The standard InChI is InChI=1S/C18H11FN4O3/c19-13-3-1-2-10-15(13)20-7-12(16(10)24)18(26)23-9-4-5-14-11(6-9)17(25)22-8-21-14/h1-8H,(H,20,24)(H,23,26)(H,21,22,25). The summed E-state index contributed by atoms with van der Waals surface area (Å²) in [5, 5.41) is 2.95. The third-order valence-electron chi connectivity index (χ3n) is 4.01. The van der Waals surface area contributed by atoms with E-state index < -0.39 is 17.2 Å². The smallest absolute Gasteiger partial charge is 0.261 e. The number of hydrogen-bond acceptors (Lipinski definition) is 4. The molecule has 0 saturated heterocycles. The van der Waals surface area contributed by atoms with Crippen LogP contribution in [0.25, 0.3) is 21.8 Å². The van der Waals surface area contributed by atoms with Crippen LogP contribution in [0.4, 0.5) is 10.1 Å². The zero-order valence-corrected chi connectivity index (χ0v) is 13.2. The minimum absolute atomic E-state index is 0.0392. The predicted octanol–water partition coefficient (Wildman–Crippen LogP) is 2.16. The minimum Gasteiger partial charge on any atom is -0.358 e. The molecule has 2 aromatic carbocycles. The fraction of sp³-hybridized carbons (Fsp3) is 0. The van der Waals surface area contributed by atoms with E-state index in [1.807, 2.05) is 0 Å². The van der Waals surface area contributed by atoms with Crippen LogP contribution in [0.1, 0.15) is 10.4 Å². The van der Waals surface area contributed by atoms with Gasteiger partial charge < -0.3 is 15.3 Å². The van der Waals surface area contributed by atoms with Gasteiger partial charge in [-0.1, -0.05) is 6.07 Å². The average molecular weight is 350 g/mol. The molecule has 0 atom stereocenters. The van der Waals surface area contributed by atoms with E-state index in [9.17, 15) is 18.8 Å². The number of nitrogens with one attached hydrogen (secondary N) is 3. The normalized spacial score (nSPS) is 11.0. The van der Waals surface area contributed by atoms with E-state index in [0.717, 1.165) is 0 Å². The number of amides is 1. The molecule has 0 aliphatic rings. The number of fused-ring (bicyclic) bond motifs is 2. The summed E-state index contributed by atoms with van der Waals surface area (Å²) >= 11 is 0. The molecule has 0 aliphatic carbocycles. The molecule has 128 valence electrons. The molecule has 1 amide bonds. The van der Waals surface area contributed by atoms with Crippen LogP contribution in [-0.4, -0.2) is 20.9 Å². The average Bonchev–Trinajstić information content (AvgIpc) is 2.63. The van der Waals surface area contributed by atoms with Crippen molar-refractivity contribution >= 4 is 33.4 Å². The topological polar surface area (TPSA) is 108 Å². The lowest BCUT2D eigenvalue weighted by molar-refractivity contribution is 0.102. The summed E-state index contributed by atoms with van der Waals surface area (Å²) in [5.74, 6) is -1.25. The van der Waals surface area contributed by atoms with Gasteiger partial charge in [0.25, 0.3) is 11.5 Å². The maximum absolute atomic E-state index is 13.7. The number of benzene rings is 2. The fourth-order valence-electron chi connectivity index (χ4n) is 2.73. The number of hydrogen-bond donors (Lipinski definition) is 3. The van der Waals surface area contributed by atoms with Crippen LogP contribution in [0.2, 0.25) is 0 Å². The van der Waals surface area contributed by atoms with Crippen molar-refractivity contribution in [1.82, 2.24) is 15.0 Å². The number of rotatable bonds is 2. The van der Waals surface area contributed by atoms with Gasteiger partial charge in [-0.3, -0.25) is 14.4 Å². The number of aromatic amines is 2. The summed E-state index contributed by atoms with van der Waals surface area (Å²) in [6, 6.07) is 8.68. The molecule has 4 aromatic rings. The van der Waals surface area contributed by atoms with Crippen LogP contribution in [0.3, 0.4) is 0 Å². The molecule has 2 aromatic heterocycles. The van der Waals surface area contributed by atoms with Crippen molar-refractivity contribution in [3.05, 3.63) is 80.9 Å². The van der Waals surface area contributed by atoms with Crippen molar-refractivity contribution in [3.63, 3.8) is 0 Å². The summed E-state index contributed by atoms with van der Waals surface area (Å²) in [5.41, 5.74) is -0.243. The summed E-state index contributed by atoms with van der Waals surface area (Å²) in [6.45, 7) is 0. The Hall–Kier alpha value is -3.81. The number of halogens is 1. The quantitative estimate of drug-likeness (QED) is 0.515. The maximum atomic E-state index is 13.7. The lowest BCUT2D eigenvalue weighted by Crippen LogP contribution is -2.22. The van der Waals surface area contributed by atoms with E-state index in [0.29, 0.717) is 16.6 Å². The van der Waals surface area contributed by atoms with Gasteiger partial charge in [0.1, 0.15) is 11.4 Å². The lowest BCUT2D eigenvalue weighted by Gasteiger charge is -2.07. The Bertz CT molecular complexity index is 1290. The van der Waals surface area contributed by atoms with E-state index in [2.05, 4.69) is 20.3 Å². The predicted molar refractivity (Wildman–Crippen MR) is 94.8 cm³/mol. The summed E-state index contributed by atoms with van der Waals surface area (Å²) in [7, 11) is 0. The van der Waals surface area contributed by atoms with Crippen LogP contribution >= 0.6 is 0 Å². The third kappa shape index (κ3) is 2.53. The lowest BCUT2D eigenvalue weighted by atomic mass is 10.1. The number of anilines is 1. The molecule has 0 spiro atoms. The van der Waals surface area contributed by atoms with Gasteiger partial charge in [-0.2, -0.15) is 0 Å². The zero-order chi connectivity index (χ0) is 18.3. The summed E-state index contributed by atoms with van der Waals surface area (Å²) in [6.07, 6.45) is 2.45. The Morgan fingerprint density at radius 2 is 1.92 bits per heavy atom. The van der Waals surface area contributed by atoms with Gasteiger partial charge in [-0.05, 0) is 30.3 Å². The van der Waals surface area contributed by atoms with Crippen molar-refractivity contribution in [1.29, 1.82) is 0 Å². The third-order valence-corrected chi connectivity index (χ3v) is 4.01. The molecule has 7 nitrogen and oxygen atoms in total. The Kier molecular flexibility index (Phi) is 3.58. The van der Waals surface area contributed by atoms with Crippen LogP contribution in [0.5, 0.6) is 0 Å². The molecule has 26 heavy (non-hydrogen) atoms. The molecule has 0 fully saturated rings. The number of aromatic nitrogens is 3. The van der Waals surface area contributed by atoms with Crippen molar-refractivity contribution in [3.8, 4) is 0 Å². The SMILES string of the molecule is O=C(Nc1ccc2nc[nH]c(=O)c2c1)c1c[nH]c2c(F)cccc2c1=O. The van der Waals surface area contributed by atoms with Crippen LogP contribution in [0, 0.1) is 5.82 Å². The van der Waals surface area contributed by atoms with Gasteiger partial charge in [0.05, 0.1) is 22.7 Å². The van der Waals surface area contributed by atoms with Gasteiger partial charge in [0.15, 0.2) is 0 Å². The molecule has 0 saturated carbocycles. The molecule has 3 N–H and O–H groups in total. The molecule has 0 radical (unpaired) electrons. The first-order chi connectivity index (χ1) is 12.5. The van der Waals surface area contributed by atoms with E-state index in [1.165, 1.54) is 36.8 Å². The number of para-hydroxylation sites is 1. The molecule has 8 heteroatoms. The first-order valence-corrected chi connectivity index (χ1v) is 7.63. The van der Waals surface area contributed by atoms with Crippen LogP contribution < -0.4 is 16.3 Å². The van der Waals surface area contributed by atoms with Gasteiger partial charge in [-0.15, -0.1) is 0 Å². The van der Waals surface area contributed by atoms with Crippen molar-refractivity contribution in [2.24, 2.45) is 0 Å². The molecular formula is C18H11FN4O3. The number of pyridine rings is 1. The van der Waals surface area contributed by atoms with E-state index in [1.54, 1.807) is 12.1 Å². The highest BCUT2D eigenvalue weighted by Crippen LogP contribution is 2.16. The van der Waals surface area contributed by atoms with E-state index >= 15 is 0 Å². The van der Waals surface area contributed by atoms with E-state index in [4.69, 9.17) is 0 Å². The van der Waals surface area contributed by atoms with Gasteiger partial charge in [-0.25, -0.2) is 9.37 Å². The molecule has 0 bridgehead atoms. The molecule has 4 rings (SSSR count). The number of H-pyrrole nitrogens is 2.